The van der Waals surface area contributed by atoms with Crippen molar-refractivity contribution < 1.29 is 0 Å². The summed E-state index contributed by atoms with van der Waals surface area (Å²) in [6.07, 6.45) is 5.03. The Hall–Kier alpha value is -0.985. The Bertz CT molecular complexity index is 350. The third kappa shape index (κ3) is 0.702. The molecule has 0 fully saturated rings. The molecule has 2 radical (unpaired) electrons. The first-order valence-electron chi connectivity index (χ1n) is 3.35. The highest BCUT2D eigenvalue weighted by molar-refractivity contribution is 6.06. The van der Waals surface area contributed by atoms with Gasteiger partial charge in [0, 0.05) is 11.8 Å². The smallest absolute Gasteiger partial charge is 0.236 e. The molecular formula is C7H7BN2. The molecule has 0 aliphatic carbocycles. The minimum Gasteiger partial charge on any atom is -0.389 e. The summed E-state index contributed by atoms with van der Waals surface area (Å²) < 4.78 is 1.56. The molecule has 2 nitrogen and oxygen atoms in total. The Morgan fingerprint density at radius 1 is 1.60 bits per heavy atom. The number of rotatable bonds is 0. The van der Waals surface area contributed by atoms with E-state index in [4.69, 9.17) is 7.98 Å². The highest BCUT2D eigenvalue weighted by Gasteiger charge is 1.95. The Morgan fingerprint density at radius 2 is 2.50 bits per heavy atom. The zero-order chi connectivity index (χ0) is 6.97. The van der Waals surface area contributed by atoms with E-state index in [-0.39, 0.29) is 0 Å². The summed E-state index contributed by atoms with van der Waals surface area (Å²) in [5, 5.41) is 1.16. The van der Waals surface area contributed by atoms with E-state index in [0.29, 0.717) is 0 Å². The quantitative estimate of drug-likeness (QED) is 0.410. The van der Waals surface area contributed by atoms with Crippen molar-refractivity contribution in [2.24, 2.45) is 4.99 Å². The first-order valence-corrected chi connectivity index (χ1v) is 3.35. The molecule has 1 aliphatic heterocycles. The minimum absolute atomic E-state index is 0.869. The number of hydrogen-bond donors (Lipinski definition) is 0. The van der Waals surface area contributed by atoms with E-state index < -0.39 is 0 Å². The Balaban J connectivity index is 2.89. The van der Waals surface area contributed by atoms with Gasteiger partial charge in [0.15, 0.2) is 0 Å². The van der Waals surface area contributed by atoms with Crippen molar-refractivity contribution in [3.63, 3.8) is 0 Å². The number of hydrogen-bond acceptors (Lipinski definition) is 1. The van der Waals surface area contributed by atoms with Crippen LogP contribution in [0.25, 0.3) is 6.08 Å². The molecule has 0 atom stereocenters. The summed E-state index contributed by atoms with van der Waals surface area (Å²) in [6, 6.07) is 1.98. The van der Waals surface area contributed by atoms with Crippen molar-refractivity contribution >= 4 is 14.1 Å². The second-order valence-electron chi connectivity index (χ2n) is 2.38. The molecular weight excluding hydrogens is 123 g/mol. The average molecular weight is 130 g/mol. The van der Waals surface area contributed by atoms with Crippen LogP contribution < -0.4 is 10.7 Å². The van der Waals surface area contributed by atoms with Gasteiger partial charge in [-0.05, 0) is 18.7 Å². The van der Waals surface area contributed by atoms with Gasteiger partial charge in [0.25, 0.3) is 0 Å². The second kappa shape index (κ2) is 2.01. The van der Waals surface area contributed by atoms with Crippen molar-refractivity contribution in [2.75, 3.05) is 6.54 Å². The Labute approximate surface area is 60.3 Å². The molecule has 10 heavy (non-hydrogen) atoms. The van der Waals surface area contributed by atoms with Crippen LogP contribution in [0.5, 0.6) is 0 Å². The molecule has 48 valence electrons. The summed E-state index contributed by atoms with van der Waals surface area (Å²) in [5.74, 6) is 0. The topological polar surface area (TPSA) is 17.3 Å². The van der Waals surface area contributed by atoms with Crippen LogP contribution in [0.2, 0.25) is 0 Å². The Morgan fingerprint density at radius 3 is 3.30 bits per heavy atom. The molecule has 0 saturated carbocycles. The van der Waals surface area contributed by atoms with Gasteiger partial charge in [-0.2, -0.15) is 0 Å². The fraction of sp³-hybridized carbons (Fsp3) is 0.286. The molecule has 0 N–H and O–H groups in total. The van der Waals surface area contributed by atoms with Crippen molar-refractivity contribution in [3.05, 3.63) is 23.0 Å². The number of nitrogens with zero attached hydrogens (tertiary/aromatic N) is 2. The third-order valence-corrected chi connectivity index (χ3v) is 1.67. The normalized spacial score (nSPS) is 15.2. The standard InChI is InChI=1S/C7H7BN2/c8-10-5-3-6-2-1-4-9-7(6)10/h2-3,5H,1,4H2. The molecule has 0 amide bonds. The molecule has 1 aromatic rings. The van der Waals surface area contributed by atoms with Crippen molar-refractivity contribution in [3.8, 4) is 0 Å². The average Bonchev–Trinajstić information content (AvgIpc) is 2.34. The lowest BCUT2D eigenvalue weighted by Gasteiger charge is -1.95. The highest BCUT2D eigenvalue weighted by Crippen LogP contribution is 1.85. The zero-order valence-electron chi connectivity index (χ0n) is 5.62. The third-order valence-electron chi connectivity index (χ3n) is 1.67. The van der Waals surface area contributed by atoms with Crippen LogP contribution in [0.1, 0.15) is 6.42 Å². The van der Waals surface area contributed by atoms with Gasteiger partial charge in [0.1, 0.15) is 5.49 Å². The van der Waals surface area contributed by atoms with Gasteiger partial charge in [-0.15, -0.1) is 0 Å². The van der Waals surface area contributed by atoms with E-state index in [9.17, 15) is 0 Å². The van der Waals surface area contributed by atoms with Crippen LogP contribution in [0.4, 0.5) is 0 Å². The summed E-state index contributed by atoms with van der Waals surface area (Å²) >= 11 is 0. The van der Waals surface area contributed by atoms with E-state index in [1.807, 2.05) is 12.3 Å². The summed E-state index contributed by atoms with van der Waals surface area (Å²) in [5.41, 5.74) is 0.909. The summed E-state index contributed by atoms with van der Waals surface area (Å²) in [4.78, 5) is 4.26. The van der Waals surface area contributed by atoms with Crippen molar-refractivity contribution in [1.82, 2.24) is 4.48 Å². The maximum absolute atomic E-state index is 5.56. The molecule has 0 spiro atoms. The van der Waals surface area contributed by atoms with Crippen LogP contribution in [-0.2, 0) is 0 Å². The SMILES string of the molecule is [B]n1ccc2c1=NCCC=2. The number of fused-ring (bicyclic) bond motifs is 1. The van der Waals surface area contributed by atoms with Gasteiger partial charge in [-0.3, -0.25) is 4.99 Å². The predicted octanol–water partition coefficient (Wildman–Crippen LogP) is -0.776. The lowest BCUT2D eigenvalue weighted by molar-refractivity contribution is 0.916. The van der Waals surface area contributed by atoms with E-state index in [0.717, 1.165) is 23.7 Å². The van der Waals surface area contributed by atoms with Crippen LogP contribution in [0, 0.1) is 0 Å². The fourth-order valence-electron chi connectivity index (χ4n) is 1.18. The predicted molar refractivity (Wildman–Crippen MR) is 40.3 cm³/mol. The molecule has 1 aromatic heterocycles. The largest absolute Gasteiger partial charge is 0.389 e. The molecule has 0 saturated heterocycles. The van der Waals surface area contributed by atoms with Crippen LogP contribution in [0.3, 0.4) is 0 Å². The van der Waals surface area contributed by atoms with Crippen LogP contribution in [0.15, 0.2) is 17.3 Å². The molecule has 1 aliphatic rings. The summed E-state index contributed by atoms with van der Waals surface area (Å²) in [6.45, 7) is 0.869. The maximum atomic E-state index is 5.56. The molecule has 0 aromatic carbocycles. The van der Waals surface area contributed by atoms with Gasteiger partial charge in [-0.25, -0.2) is 0 Å². The van der Waals surface area contributed by atoms with E-state index in [2.05, 4.69) is 11.1 Å². The minimum atomic E-state index is 0.869. The molecule has 0 bridgehead atoms. The zero-order valence-corrected chi connectivity index (χ0v) is 5.62. The fourth-order valence-corrected chi connectivity index (χ4v) is 1.18. The van der Waals surface area contributed by atoms with E-state index >= 15 is 0 Å². The van der Waals surface area contributed by atoms with Crippen molar-refractivity contribution in [1.29, 1.82) is 0 Å². The lowest BCUT2D eigenvalue weighted by atomic mass is 10.3. The number of aromatic nitrogens is 1. The van der Waals surface area contributed by atoms with E-state index in [1.165, 1.54) is 0 Å². The molecule has 2 heterocycles. The van der Waals surface area contributed by atoms with Gasteiger partial charge in [0.2, 0.25) is 7.98 Å². The molecule has 0 unspecified atom stereocenters. The lowest BCUT2D eigenvalue weighted by Crippen LogP contribution is -2.31. The second-order valence-corrected chi connectivity index (χ2v) is 2.38. The van der Waals surface area contributed by atoms with Crippen LogP contribution in [-0.4, -0.2) is 19.0 Å². The van der Waals surface area contributed by atoms with Crippen LogP contribution >= 0.6 is 0 Å². The van der Waals surface area contributed by atoms with Crippen molar-refractivity contribution in [2.45, 2.75) is 6.42 Å². The van der Waals surface area contributed by atoms with Gasteiger partial charge < -0.3 is 4.48 Å². The highest BCUT2D eigenvalue weighted by atomic mass is 14.9. The molecule has 2 rings (SSSR count). The van der Waals surface area contributed by atoms with E-state index in [1.54, 1.807) is 4.48 Å². The summed E-state index contributed by atoms with van der Waals surface area (Å²) in [7, 11) is 5.56. The Kier molecular flexibility index (Phi) is 1.16. The van der Waals surface area contributed by atoms with Gasteiger partial charge in [-0.1, -0.05) is 6.08 Å². The molecule has 3 heteroatoms. The monoisotopic (exact) mass is 130 g/mol. The first-order chi connectivity index (χ1) is 4.88. The first kappa shape index (κ1) is 5.77. The van der Waals surface area contributed by atoms with Gasteiger partial charge >= 0.3 is 0 Å². The van der Waals surface area contributed by atoms with Gasteiger partial charge in [0.05, 0.1) is 0 Å². The maximum Gasteiger partial charge on any atom is 0.236 e.